The van der Waals surface area contributed by atoms with E-state index < -0.39 is 0 Å². The average Bonchev–Trinajstić information content (AvgIpc) is 2.30. The summed E-state index contributed by atoms with van der Waals surface area (Å²) in [4.78, 5) is 3.57. The van der Waals surface area contributed by atoms with E-state index in [4.69, 9.17) is 11.2 Å². The van der Waals surface area contributed by atoms with Gasteiger partial charge in [0.2, 0.25) is 0 Å². The molecule has 1 nitrogen and oxygen atoms in total. The summed E-state index contributed by atoms with van der Waals surface area (Å²) in [6.07, 6.45) is 0. The molecule has 1 aliphatic heterocycles. The first-order valence-electron chi connectivity index (χ1n) is 3.47. The van der Waals surface area contributed by atoms with Gasteiger partial charge in [-0.2, -0.15) is 0 Å². The molecule has 1 heterocycles. The number of hydrogen-bond donors (Lipinski definition) is 0. The first-order valence-corrected chi connectivity index (χ1v) is 5.79. The van der Waals surface area contributed by atoms with Crippen molar-refractivity contribution in [3.05, 3.63) is 24.3 Å². The predicted molar refractivity (Wildman–Crippen MR) is 52.7 cm³/mol. The van der Waals surface area contributed by atoms with Gasteiger partial charge < -0.3 is 4.90 Å². The Morgan fingerprint density at radius 3 is 2.91 bits per heavy atom. The molecule has 1 aromatic rings. The van der Waals surface area contributed by atoms with Crippen LogP contribution in [0.2, 0.25) is 0 Å². The van der Waals surface area contributed by atoms with Crippen molar-refractivity contribution in [2.75, 3.05) is 17.8 Å². The van der Waals surface area contributed by atoms with Crippen molar-refractivity contribution < 1.29 is 0 Å². The molecule has 0 radical (unpaired) electrons. The van der Waals surface area contributed by atoms with Crippen LogP contribution in [0.4, 0.5) is 5.69 Å². The molecule has 58 valence electrons. The number of nitrogens with zero attached hydrogens (tertiary/aromatic N) is 1. The number of hydrogen-bond acceptors (Lipinski definition) is 2. The van der Waals surface area contributed by atoms with Crippen LogP contribution in [0.15, 0.2) is 29.2 Å². The van der Waals surface area contributed by atoms with Crippen LogP contribution in [0.3, 0.4) is 0 Å². The van der Waals surface area contributed by atoms with E-state index in [1.165, 1.54) is 10.6 Å². The summed E-state index contributed by atoms with van der Waals surface area (Å²) in [6, 6.07) is 8.39. The lowest BCUT2D eigenvalue weighted by Crippen LogP contribution is -2.13. The van der Waals surface area contributed by atoms with Crippen molar-refractivity contribution in [3.63, 3.8) is 0 Å². The largest absolute Gasteiger partial charge is 0.364 e. The van der Waals surface area contributed by atoms with Gasteiger partial charge in [-0.05, 0) is 23.3 Å². The molecule has 1 atom stereocenters. The van der Waals surface area contributed by atoms with Crippen LogP contribution in [-0.2, 0) is 20.6 Å². The van der Waals surface area contributed by atoms with E-state index in [1.807, 2.05) is 0 Å². The van der Waals surface area contributed by atoms with Gasteiger partial charge in [-0.1, -0.05) is 21.6 Å². The third-order valence-corrected chi connectivity index (χ3v) is 4.15. The van der Waals surface area contributed by atoms with Gasteiger partial charge in [0.25, 0.3) is 0 Å². The number of rotatable bonds is 0. The fraction of sp³-hybridized carbons (Fsp3) is 0.250. The van der Waals surface area contributed by atoms with Crippen molar-refractivity contribution in [1.29, 1.82) is 0 Å². The number of fused-ring (bicyclic) bond motifs is 1. The molecule has 0 aromatic heterocycles. The van der Waals surface area contributed by atoms with E-state index in [0.29, 0.717) is 0 Å². The van der Waals surface area contributed by atoms with Gasteiger partial charge in [0.15, 0.2) is 0 Å². The Kier molecular flexibility index (Phi) is 1.69. The molecule has 2 rings (SSSR count). The molecule has 1 aromatic carbocycles. The summed E-state index contributed by atoms with van der Waals surface area (Å²) in [6.45, 7) is 0. The molecule has 0 amide bonds. The predicted octanol–water partition coefficient (Wildman–Crippen LogP) is 1.53. The fourth-order valence-electron chi connectivity index (χ4n) is 1.28. The van der Waals surface area contributed by atoms with Gasteiger partial charge in [-0.3, -0.25) is 0 Å². The fourth-order valence-corrected chi connectivity index (χ4v) is 3.49. The molecule has 11 heavy (non-hydrogen) atoms. The lowest BCUT2D eigenvalue weighted by atomic mass is 10.3. The van der Waals surface area contributed by atoms with Gasteiger partial charge in [0.1, 0.15) is 0 Å². The summed E-state index contributed by atoms with van der Waals surface area (Å²) in [5.74, 6) is 1.01. The van der Waals surface area contributed by atoms with Crippen molar-refractivity contribution in [1.82, 2.24) is 0 Å². The van der Waals surface area contributed by atoms with Crippen LogP contribution in [-0.4, -0.2) is 12.9 Å². The SMILES string of the molecule is CN1CS(=S)c2ccccc21. The second-order valence-electron chi connectivity index (χ2n) is 2.64. The van der Waals surface area contributed by atoms with Crippen molar-refractivity contribution in [3.8, 4) is 0 Å². The maximum atomic E-state index is 5.32. The average molecular weight is 183 g/mol. The second kappa shape index (κ2) is 2.57. The molecule has 0 saturated carbocycles. The van der Waals surface area contributed by atoms with Gasteiger partial charge >= 0.3 is 0 Å². The minimum absolute atomic E-state index is 0.0314. The summed E-state index contributed by atoms with van der Waals surface area (Å²) in [7, 11) is 2.13. The molecule has 0 bridgehead atoms. The normalized spacial score (nSPS) is 21.9. The highest BCUT2D eigenvalue weighted by Crippen LogP contribution is 2.29. The highest BCUT2D eigenvalue weighted by Gasteiger charge is 2.17. The second-order valence-corrected chi connectivity index (χ2v) is 5.24. The van der Waals surface area contributed by atoms with E-state index >= 15 is 0 Å². The van der Waals surface area contributed by atoms with Crippen molar-refractivity contribution >= 4 is 26.3 Å². The van der Waals surface area contributed by atoms with Crippen LogP contribution >= 0.6 is 0 Å². The Hall–Kier alpha value is -0.410. The summed E-state index contributed by atoms with van der Waals surface area (Å²) < 4.78 is 0. The van der Waals surface area contributed by atoms with Gasteiger partial charge in [0.05, 0.1) is 11.6 Å². The Bertz CT molecular complexity index is 309. The zero-order chi connectivity index (χ0) is 7.84. The van der Waals surface area contributed by atoms with E-state index in [0.717, 1.165) is 5.88 Å². The Balaban J connectivity index is 2.60. The molecule has 0 aliphatic carbocycles. The molecular weight excluding hydrogens is 174 g/mol. The number of anilines is 1. The standard InChI is InChI=1S/C8H9NS2/c1-9-6-11(10)8-5-3-2-4-7(8)9/h2-5H,6H2,1H3. The highest BCUT2D eigenvalue weighted by molar-refractivity contribution is 8.29. The van der Waals surface area contributed by atoms with Gasteiger partial charge in [-0.15, -0.1) is 0 Å². The highest BCUT2D eigenvalue weighted by atomic mass is 32.8. The maximum Gasteiger partial charge on any atom is 0.0726 e. The smallest absolute Gasteiger partial charge is 0.0726 e. The van der Waals surface area contributed by atoms with Gasteiger partial charge in [-0.25, -0.2) is 0 Å². The summed E-state index contributed by atoms with van der Waals surface area (Å²) in [5.41, 5.74) is 1.31. The van der Waals surface area contributed by atoms with E-state index in [2.05, 4.69) is 36.2 Å². The summed E-state index contributed by atoms with van der Waals surface area (Å²) >= 11 is 5.32. The monoisotopic (exact) mass is 183 g/mol. The maximum absolute atomic E-state index is 5.32. The van der Waals surface area contributed by atoms with Crippen molar-refractivity contribution in [2.45, 2.75) is 4.90 Å². The molecule has 1 unspecified atom stereocenters. The van der Waals surface area contributed by atoms with Crippen LogP contribution in [0.25, 0.3) is 0 Å². The van der Waals surface area contributed by atoms with Crippen LogP contribution in [0.5, 0.6) is 0 Å². The molecular formula is C8H9NS2. The van der Waals surface area contributed by atoms with E-state index in [-0.39, 0.29) is 9.45 Å². The number of para-hydroxylation sites is 1. The van der Waals surface area contributed by atoms with Crippen LogP contribution in [0.1, 0.15) is 0 Å². The minimum atomic E-state index is 0.0314. The molecule has 0 N–H and O–H groups in total. The molecule has 0 spiro atoms. The van der Waals surface area contributed by atoms with Crippen LogP contribution < -0.4 is 4.90 Å². The Labute approximate surface area is 73.6 Å². The van der Waals surface area contributed by atoms with Crippen LogP contribution in [0, 0.1) is 0 Å². The first kappa shape index (κ1) is 7.25. The molecule has 0 fully saturated rings. The third kappa shape index (κ3) is 1.08. The molecule has 1 aliphatic rings. The zero-order valence-corrected chi connectivity index (χ0v) is 7.91. The topological polar surface area (TPSA) is 3.24 Å². The van der Waals surface area contributed by atoms with E-state index in [9.17, 15) is 0 Å². The first-order chi connectivity index (χ1) is 5.29. The summed E-state index contributed by atoms with van der Waals surface area (Å²) in [5, 5.41) is 0. The quantitative estimate of drug-likeness (QED) is 0.600. The Morgan fingerprint density at radius 2 is 2.18 bits per heavy atom. The third-order valence-electron chi connectivity index (χ3n) is 1.83. The number of benzene rings is 1. The zero-order valence-electron chi connectivity index (χ0n) is 6.28. The lowest BCUT2D eigenvalue weighted by Gasteiger charge is -2.08. The molecule has 3 heteroatoms. The van der Waals surface area contributed by atoms with Crippen molar-refractivity contribution in [2.24, 2.45) is 0 Å². The van der Waals surface area contributed by atoms with Gasteiger partial charge in [0, 0.05) is 11.9 Å². The minimum Gasteiger partial charge on any atom is -0.364 e. The lowest BCUT2D eigenvalue weighted by molar-refractivity contribution is 1.10. The Morgan fingerprint density at radius 1 is 1.45 bits per heavy atom. The van der Waals surface area contributed by atoms with E-state index in [1.54, 1.807) is 0 Å². The molecule has 0 saturated heterocycles.